The molecule has 2 N–H and O–H groups in total. The Morgan fingerprint density at radius 3 is 2.56 bits per heavy atom. The summed E-state index contributed by atoms with van der Waals surface area (Å²) in [6.07, 6.45) is 3.07. The van der Waals surface area contributed by atoms with Crippen LogP contribution < -0.4 is 10.0 Å². The van der Waals surface area contributed by atoms with Crippen molar-refractivity contribution in [3.05, 3.63) is 60.8 Å². The molecule has 6 nitrogen and oxygen atoms in total. The van der Waals surface area contributed by atoms with Crippen molar-refractivity contribution in [3.8, 4) is 0 Å². The Kier molecular flexibility index (Phi) is 5.62. The molecule has 0 bridgehead atoms. The van der Waals surface area contributed by atoms with Crippen molar-refractivity contribution in [3.63, 3.8) is 0 Å². The zero-order valence-electron chi connectivity index (χ0n) is 15.3. The van der Waals surface area contributed by atoms with Gasteiger partial charge >= 0.3 is 0 Å². The van der Waals surface area contributed by atoms with E-state index in [9.17, 15) is 13.2 Å². The third-order valence-electron chi connectivity index (χ3n) is 4.28. The fourth-order valence-corrected chi connectivity index (χ4v) is 4.14. The molecule has 1 amide bonds. The number of hydrogen-bond acceptors (Lipinski definition) is 3. The van der Waals surface area contributed by atoms with Gasteiger partial charge in [0.2, 0.25) is 15.9 Å². The zero-order valence-corrected chi connectivity index (χ0v) is 16.2. The van der Waals surface area contributed by atoms with Gasteiger partial charge in [0.05, 0.1) is 10.9 Å². The quantitative estimate of drug-likeness (QED) is 0.654. The molecule has 2 aromatic carbocycles. The van der Waals surface area contributed by atoms with Gasteiger partial charge in [0.25, 0.3) is 0 Å². The van der Waals surface area contributed by atoms with Crippen LogP contribution in [0.5, 0.6) is 0 Å². The van der Waals surface area contributed by atoms with Gasteiger partial charge in [-0.15, -0.1) is 0 Å². The second kappa shape index (κ2) is 7.94. The minimum absolute atomic E-state index is 0.128. The summed E-state index contributed by atoms with van der Waals surface area (Å²) in [5.74, 6) is -0.415. The lowest BCUT2D eigenvalue weighted by atomic mass is 10.2. The number of fused-ring (bicyclic) bond motifs is 1. The fourth-order valence-electron chi connectivity index (χ4n) is 2.92. The average Bonchev–Trinajstić information content (AvgIpc) is 3.04. The highest BCUT2D eigenvalue weighted by Crippen LogP contribution is 2.21. The van der Waals surface area contributed by atoms with E-state index in [2.05, 4.69) is 21.5 Å². The standard InChI is InChI=1S/C20H23N3O3S/c1-3-12-23-13-11-16-14-17(9-10-19(16)23)21-20(24)15(2)22-27(25,26)18-7-5-4-6-8-18/h4-11,13-15,22H,3,12H2,1-2H3,(H,21,24)/t15-/m0/s1. The molecular weight excluding hydrogens is 362 g/mol. The number of aryl methyl sites for hydroxylation is 1. The van der Waals surface area contributed by atoms with Gasteiger partial charge in [0.15, 0.2) is 0 Å². The summed E-state index contributed by atoms with van der Waals surface area (Å²) in [6.45, 7) is 4.58. The Labute approximate surface area is 159 Å². The van der Waals surface area contributed by atoms with E-state index in [1.807, 2.05) is 30.5 Å². The van der Waals surface area contributed by atoms with Gasteiger partial charge in [0.1, 0.15) is 0 Å². The number of benzene rings is 2. The monoisotopic (exact) mass is 385 g/mol. The summed E-state index contributed by atoms with van der Waals surface area (Å²) in [7, 11) is -3.75. The molecule has 7 heteroatoms. The van der Waals surface area contributed by atoms with Crippen molar-refractivity contribution >= 4 is 32.5 Å². The molecule has 1 heterocycles. The molecule has 0 saturated carbocycles. The molecule has 0 unspecified atom stereocenters. The second-order valence-corrected chi connectivity index (χ2v) is 8.14. The number of rotatable bonds is 7. The van der Waals surface area contributed by atoms with Crippen molar-refractivity contribution in [1.29, 1.82) is 0 Å². The average molecular weight is 385 g/mol. The van der Waals surface area contributed by atoms with Gasteiger partial charge < -0.3 is 9.88 Å². The second-order valence-electron chi connectivity index (χ2n) is 6.43. The first kappa shape index (κ1) is 19.1. The van der Waals surface area contributed by atoms with Crippen LogP contribution in [0.3, 0.4) is 0 Å². The normalized spacial score (nSPS) is 12.8. The maximum Gasteiger partial charge on any atom is 0.242 e. The maximum absolute atomic E-state index is 12.4. The minimum atomic E-state index is -3.75. The molecule has 142 valence electrons. The third kappa shape index (κ3) is 4.37. The molecule has 0 aliphatic carbocycles. The highest BCUT2D eigenvalue weighted by molar-refractivity contribution is 7.89. The molecule has 0 radical (unpaired) electrons. The molecule has 0 spiro atoms. The molecule has 1 atom stereocenters. The molecule has 0 fully saturated rings. The van der Waals surface area contributed by atoms with Crippen LogP contribution in [0.15, 0.2) is 65.7 Å². The van der Waals surface area contributed by atoms with E-state index in [1.54, 1.807) is 18.2 Å². The van der Waals surface area contributed by atoms with Crippen LogP contribution in [0.1, 0.15) is 20.3 Å². The van der Waals surface area contributed by atoms with E-state index in [-0.39, 0.29) is 4.90 Å². The van der Waals surface area contributed by atoms with Crippen molar-refractivity contribution in [2.24, 2.45) is 0 Å². The lowest BCUT2D eigenvalue weighted by molar-refractivity contribution is -0.117. The summed E-state index contributed by atoms with van der Waals surface area (Å²) in [4.78, 5) is 12.6. The van der Waals surface area contributed by atoms with E-state index in [0.29, 0.717) is 5.69 Å². The Balaban J connectivity index is 1.70. The topological polar surface area (TPSA) is 80.2 Å². The van der Waals surface area contributed by atoms with Gasteiger partial charge in [0, 0.05) is 29.3 Å². The zero-order chi connectivity index (χ0) is 19.4. The van der Waals surface area contributed by atoms with Crippen LogP contribution in [0.25, 0.3) is 10.9 Å². The largest absolute Gasteiger partial charge is 0.347 e. The predicted molar refractivity (Wildman–Crippen MR) is 107 cm³/mol. The van der Waals surface area contributed by atoms with Crippen molar-refractivity contribution < 1.29 is 13.2 Å². The summed E-state index contributed by atoms with van der Waals surface area (Å²) in [6, 6.07) is 14.8. The number of aromatic nitrogens is 1. The summed E-state index contributed by atoms with van der Waals surface area (Å²) >= 11 is 0. The number of carbonyl (C=O) groups excluding carboxylic acids is 1. The predicted octanol–water partition coefficient (Wildman–Crippen LogP) is 3.36. The number of carbonyl (C=O) groups is 1. The van der Waals surface area contributed by atoms with E-state index in [4.69, 9.17) is 0 Å². The lowest BCUT2D eigenvalue weighted by Crippen LogP contribution is -2.41. The maximum atomic E-state index is 12.4. The number of sulfonamides is 1. The van der Waals surface area contributed by atoms with Crippen LogP contribution >= 0.6 is 0 Å². The van der Waals surface area contributed by atoms with Crippen molar-refractivity contribution in [1.82, 2.24) is 9.29 Å². The minimum Gasteiger partial charge on any atom is -0.347 e. The fraction of sp³-hybridized carbons (Fsp3) is 0.250. The summed E-state index contributed by atoms with van der Waals surface area (Å²) in [5.41, 5.74) is 1.74. The lowest BCUT2D eigenvalue weighted by Gasteiger charge is -2.14. The Hall–Kier alpha value is -2.64. The number of amides is 1. The van der Waals surface area contributed by atoms with Gasteiger partial charge in [-0.05, 0) is 49.7 Å². The van der Waals surface area contributed by atoms with Gasteiger partial charge in [-0.3, -0.25) is 4.79 Å². The molecular formula is C20H23N3O3S. The molecule has 1 aromatic heterocycles. The van der Waals surface area contributed by atoms with Crippen LogP contribution in [0.4, 0.5) is 5.69 Å². The number of nitrogens with zero attached hydrogens (tertiary/aromatic N) is 1. The Morgan fingerprint density at radius 1 is 1.11 bits per heavy atom. The van der Waals surface area contributed by atoms with Crippen molar-refractivity contribution in [2.45, 2.75) is 37.8 Å². The third-order valence-corrected chi connectivity index (χ3v) is 5.84. The molecule has 0 saturated heterocycles. The van der Waals surface area contributed by atoms with E-state index in [1.165, 1.54) is 19.1 Å². The van der Waals surface area contributed by atoms with Crippen LogP contribution in [0.2, 0.25) is 0 Å². The molecule has 0 aliphatic heterocycles. The summed E-state index contributed by atoms with van der Waals surface area (Å²) in [5, 5.41) is 3.80. The summed E-state index contributed by atoms with van der Waals surface area (Å²) < 4.78 is 29.3. The first-order chi connectivity index (χ1) is 12.9. The highest BCUT2D eigenvalue weighted by atomic mass is 32.2. The van der Waals surface area contributed by atoms with Crippen LogP contribution in [0, 0.1) is 0 Å². The Morgan fingerprint density at radius 2 is 1.85 bits per heavy atom. The number of nitrogens with one attached hydrogen (secondary N) is 2. The smallest absolute Gasteiger partial charge is 0.242 e. The van der Waals surface area contributed by atoms with E-state index >= 15 is 0 Å². The van der Waals surface area contributed by atoms with Gasteiger partial charge in [-0.2, -0.15) is 4.72 Å². The first-order valence-electron chi connectivity index (χ1n) is 8.88. The molecule has 27 heavy (non-hydrogen) atoms. The first-order valence-corrected chi connectivity index (χ1v) is 10.4. The van der Waals surface area contributed by atoms with Gasteiger partial charge in [-0.25, -0.2) is 8.42 Å². The highest BCUT2D eigenvalue weighted by Gasteiger charge is 2.22. The number of anilines is 1. The molecule has 0 aliphatic rings. The van der Waals surface area contributed by atoms with E-state index in [0.717, 1.165) is 23.9 Å². The van der Waals surface area contributed by atoms with Crippen LogP contribution in [-0.4, -0.2) is 24.9 Å². The SMILES string of the molecule is CCCn1ccc2cc(NC(=O)[C@H](C)NS(=O)(=O)c3ccccc3)ccc21. The number of hydrogen-bond donors (Lipinski definition) is 2. The Bertz CT molecular complexity index is 1040. The van der Waals surface area contributed by atoms with Gasteiger partial charge in [-0.1, -0.05) is 25.1 Å². The molecule has 3 aromatic rings. The van der Waals surface area contributed by atoms with Crippen molar-refractivity contribution in [2.75, 3.05) is 5.32 Å². The van der Waals surface area contributed by atoms with Crippen LogP contribution in [-0.2, 0) is 21.4 Å². The van der Waals surface area contributed by atoms with E-state index < -0.39 is 22.0 Å². The molecule has 3 rings (SSSR count).